The van der Waals surface area contributed by atoms with Gasteiger partial charge in [0.1, 0.15) is 5.69 Å². The average molecular weight is 328 g/mol. The Labute approximate surface area is 141 Å². The number of H-pyrrole nitrogens is 1. The normalized spacial score (nSPS) is 11.3. The van der Waals surface area contributed by atoms with Crippen molar-refractivity contribution < 1.29 is 0 Å². The summed E-state index contributed by atoms with van der Waals surface area (Å²) in [7, 11) is 0. The molecule has 4 heteroatoms. The molecule has 1 aromatic carbocycles. The van der Waals surface area contributed by atoms with Crippen molar-refractivity contribution >= 4 is 22.5 Å². The first-order valence-corrected chi connectivity index (χ1v) is 8.57. The van der Waals surface area contributed by atoms with Gasteiger partial charge in [0.05, 0.1) is 10.7 Å². The molecular weight excluding hydrogens is 306 g/mol. The number of para-hydroxylation sites is 1. The first-order valence-electron chi connectivity index (χ1n) is 8.19. The summed E-state index contributed by atoms with van der Waals surface area (Å²) < 4.78 is 0. The highest BCUT2D eigenvalue weighted by Gasteiger charge is 2.17. The standard InChI is InChI=1S/C19H22ClN3/c1-2-13-7-5-9-14-15(8-3-4-11-21)18(23-17(13)14)19-16(20)10-6-12-22-19/h5-7,9-10,12,23H,2-4,8,11,21H2,1H3. The fourth-order valence-corrected chi connectivity index (χ4v) is 3.32. The molecule has 3 N–H and O–H groups in total. The molecule has 3 aromatic rings. The van der Waals surface area contributed by atoms with E-state index in [-0.39, 0.29) is 0 Å². The Bertz CT molecular complexity index is 807. The van der Waals surface area contributed by atoms with E-state index in [0.29, 0.717) is 5.02 Å². The van der Waals surface area contributed by atoms with E-state index in [0.717, 1.165) is 43.6 Å². The molecule has 2 heterocycles. The molecule has 3 rings (SSSR count). The maximum Gasteiger partial charge on any atom is 0.105 e. The van der Waals surface area contributed by atoms with Crippen molar-refractivity contribution in [1.82, 2.24) is 9.97 Å². The average Bonchev–Trinajstić information content (AvgIpc) is 2.94. The van der Waals surface area contributed by atoms with E-state index in [4.69, 9.17) is 17.3 Å². The Hall–Kier alpha value is -1.84. The number of halogens is 1. The lowest BCUT2D eigenvalue weighted by Crippen LogP contribution is -1.99. The second-order valence-electron chi connectivity index (χ2n) is 5.75. The van der Waals surface area contributed by atoms with Gasteiger partial charge in [-0.05, 0) is 55.5 Å². The Morgan fingerprint density at radius 1 is 1.17 bits per heavy atom. The summed E-state index contributed by atoms with van der Waals surface area (Å²) in [5.74, 6) is 0. The molecule has 0 bridgehead atoms. The van der Waals surface area contributed by atoms with Crippen molar-refractivity contribution in [2.24, 2.45) is 5.73 Å². The lowest BCUT2D eigenvalue weighted by molar-refractivity contribution is 0.748. The fourth-order valence-electron chi connectivity index (χ4n) is 3.11. The smallest absolute Gasteiger partial charge is 0.105 e. The number of fused-ring (bicyclic) bond motifs is 1. The van der Waals surface area contributed by atoms with Gasteiger partial charge in [0.2, 0.25) is 0 Å². The quantitative estimate of drug-likeness (QED) is 0.643. The van der Waals surface area contributed by atoms with Crippen molar-refractivity contribution in [2.45, 2.75) is 32.6 Å². The number of hydrogen-bond acceptors (Lipinski definition) is 2. The molecule has 0 aliphatic carbocycles. The van der Waals surface area contributed by atoms with Gasteiger partial charge in [0, 0.05) is 17.1 Å². The molecule has 0 atom stereocenters. The van der Waals surface area contributed by atoms with E-state index in [9.17, 15) is 0 Å². The lowest BCUT2D eigenvalue weighted by atomic mass is 10.0. The van der Waals surface area contributed by atoms with Gasteiger partial charge in [-0.25, -0.2) is 0 Å². The molecule has 0 unspecified atom stereocenters. The molecule has 3 nitrogen and oxygen atoms in total. The van der Waals surface area contributed by atoms with E-state index < -0.39 is 0 Å². The SMILES string of the molecule is CCc1cccc2c(CCCCN)c(-c3ncccc3Cl)[nH]c12. The van der Waals surface area contributed by atoms with E-state index in [1.165, 1.54) is 22.0 Å². The van der Waals surface area contributed by atoms with Gasteiger partial charge in [-0.15, -0.1) is 0 Å². The molecule has 0 saturated carbocycles. The highest BCUT2D eigenvalue weighted by Crippen LogP contribution is 2.35. The molecule has 0 saturated heterocycles. The molecule has 23 heavy (non-hydrogen) atoms. The molecule has 0 fully saturated rings. The number of unbranched alkanes of at least 4 members (excludes halogenated alkanes) is 1. The van der Waals surface area contributed by atoms with Crippen LogP contribution in [0.15, 0.2) is 36.5 Å². The Balaban J connectivity index is 2.19. The topological polar surface area (TPSA) is 54.7 Å². The minimum absolute atomic E-state index is 0.678. The summed E-state index contributed by atoms with van der Waals surface area (Å²) in [5, 5.41) is 1.95. The van der Waals surface area contributed by atoms with Crippen LogP contribution in [0.3, 0.4) is 0 Å². The minimum Gasteiger partial charge on any atom is -0.353 e. The molecule has 0 aliphatic heterocycles. The maximum absolute atomic E-state index is 6.39. The molecule has 0 radical (unpaired) electrons. The van der Waals surface area contributed by atoms with E-state index in [1.54, 1.807) is 6.20 Å². The maximum atomic E-state index is 6.39. The van der Waals surface area contributed by atoms with Crippen LogP contribution in [0, 0.1) is 0 Å². The van der Waals surface area contributed by atoms with Crippen LogP contribution in [0.5, 0.6) is 0 Å². The zero-order valence-corrected chi connectivity index (χ0v) is 14.2. The summed E-state index contributed by atoms with van der Waals surface area (Å²) in [4.78, 5) is 8.09. The number of aromatic nitrogens is 2. The zero-order chi connectivity index (χ0) is 16.2. The summed E-state index contributed by atoms with van der Waals surface area (Å²) in [5.41, 5.74) is 11.4. The van der Waals surface area contributed by atoms with Crippen LogP contribution in [-0.2, 0) is 12.8 Å². The van der Waals surface area contributed by atoms with Crippen LogP contribution in [0.2, 0.25) is 5.02 Å². The highest BCUT2D eigenvalue weighted by molar-refractivity contribution is 6.33. The van der Waals surface area contributed by atoms with Crippen LogP contribution in [0.1, 0.15) is 30.9 Å². The first kappa shape index (κ1) is 16.0. The number of rotatable bonds is 6. The summed E-state index contributed by atoms with van der Waals surface area (Å²) >= 11 is 6.39. The Kier molecular flexibility index (Phi) is 4.99. The van der Waals surface area contributed by atoms with Gasteiger partial charge in [0.15, 0.2) is 0 Å². The summed E-state index contributed by atoms with van der Waals surface area (Å²) in [6, 6.07) is 10.2. The van der Waals surface area contributed by atoms with E-state index in [2.05, 4.69) is 35.1 Å². The van der Waals surface area contributed by atoms with Crippen LogP contribution >= 0.6 is 11.6 Å². The van der Waals surface area contributed by atoms with Crippen molar-refractivity contribution in [2.75, 3.05) is 6.54 Å². The third-order valence-corrected chi connectivity index (χ3v) is 4.59. The monoisotopic (exact) mass is 327 g/mol. The number of nitrogens with zero attached hydrogens (tertiary/aromatic N) is 1. The van der Waals surface area contributed by atoms with Gasteiger partial charge in [-0.3, -0.25) is 4.98 Å². The summed E-state index contributed by atoms with van der Waals surface area (Å²) in [6.07, 6.45) is 5.85. The largest absolute Gasteiger partial charge is 0.353 e. The molecule has 0 spiro atoms. The van der Waals surface area contributed by atoms with Crippen LogP contribution in [0.4, 0.5) is 0 Å². The second kappa shape index (κ2) is 7.16. The van der Waals surface area contributed by atoms with Gasteiger partial charge in [-0.2, -0.15) is 0 Å². The number of nitrogens with two attached hydrogens (primary N) is 1. The number of nitrogens with one attached hydrogen (secondary N) is 1. The first-order chi connectivity index (χ1) is 11.3. The number of benzene rings is 1. The van der Waals surface area contributed by atoms with Crippen molar-refractivity contribution in [3.05, 3.63) is 52.7 Å². The third kappa shape index (κ3) is 3.12. The molecule has 2 aromatic heterocycles. The van der Waals surface area contributed by atoms with E-state index in [1.807, 2.05) is 12.1 Å². The predicted molar refractivity (Wildman–Crippen MR) is 97.9 cm³/mol. The number of aromatic amines is 1. The van der Waals surface area contributed by atoms with Crippen LogP contribution in [0.25, 0.3) is 22.3 Å². The second-order valence-corrected chi connectivity index (χ2v) is 6.16. The van der Waals surface area contributed by atoms with Gasteiger partial charge < -0.3 is 10.7 Å². The Morgan fingerprint density at radius 3 is 2.78 bits per heavy atom. The Morgan fingerprint density at radius 2 is 2.04 bits per heavy atom. The van der Waals surface area contributed by atoms with Crippen molar-refractivity contribution in [3.63, 3.8) is 0 Å². The van der Waals surface area contributed by atoms with Crippen LogP contribution < -0.4 is 5.73 Å². The summed E-state index contributed by atoms with van der Waals surface area (Å²) in [6.45, 7) is 2.90. The van der Waals surface area contributed by atoms with Crippen LogP contribution in [-0.4, -0.2) is 16.5 Å². The molecular formula is C19H22ClN3. The van der Waals surface area contributed by atoms with Gasteiger partial charge in [0.25, 0.3) is 0 Å². The molecule has 0 amide bonds. The van der Waals surface area contributed by atoms with Crippen molar-refractivity contribution in [1.29, 1.82) is 0 Å². The van der Waals surface area contributed by atoms with Gasteiger partial charge >= 0.3 is 0 Å². The predicted octanol–water partition coefficient (Wildman–Crippen LogP) is 4.73. The zero-order valence-electron chi connectivity index (χ0n) is 13.4. The third-order valence-electron chi connectivity index (χ3n) is 4.28. The van der Waals surface area contributed by atoms with Crippen molar-refractivity contribution in [3.8, 4) is 11.4 Å². The van der Waals surface area contributed by atoms with Gasteiger partial charge in [-0.1, -0.05) is 36.7 Å². The number of aryl methyl sites for hydroxylation is 2. The lowest BCUT2D eigenvalue weighted by Gasteiger charge is -2.06. The van der Waals surface area contributed by atoms with E-state index >= 15 is 0 Å². The fraction of sp³-hybridized carbons (Fsp3) is 0.316. The highest BCUT2D eigenvalue weighted by atomic mass is 35.5. The molecule has 120 valence electrons. The molecule has 0 aliphatic rings. The minimum atomic E-state index is 0.678. The number of pyridine rings is 1. The number of hydrogen-bond donors (Lipinski definition) is 2.